The van der Waals surface area contributed by atoms with Gasteiger partial charge in [-0.05, 0) is 32.0 Å². The van der Waals surface area contributed by atoms with E-state index in [0.29, 0.717) is 49.1 Å². The van der Waals surface area contributed by atoms with Crippen molar-refractivity contribution in [2.45, 2.75) is 19.4 Å². The minimum absolute atomic E-state index is 0.0499. The van der Waals surface area contributed by atoms with E-state index in [0.717, 1.165) is 0 Å². The van der Waals surface area contributed by atoms with Crippen LogP contribution in [0.3, 0.4) is 0 Å². The molecular weight excluding hydrogens is 388 g/mol. The van der Waals surface area contributed by atoms with Gasteiger partial charge in [0.05, 0.1) is 36.4 Å². The molecule has 1 aliphatic rings. The predicted molar refractivity (Wildman–Crippen MR) is 113 cm³/mol. The minimum atomic E-state index is -1.01. The number of carbonyl (C=O) groups excluding carboxylic acids is 1. The zero-order chi connectivity index (χ0) is 21.6. The number of amides is 1. The van der Waals surface area contributed by atoms with Crippen molar-refractivity contribution < 1.29 is 19.4 Å². The van der Waals surface area contributed by atoms with Crippen molar-refractivity contribution >= 4 is 23.6 Å². The van der Waals surface area contributed by atoms with E-state index in [-0.39, 0.29) is 12.6 Å². The van der Waals surface area contributed by atoms with E-state index in [4.69, 9.17) is 15.2 Å². The molecule has 4 N–H and O–H groups in total. The van der Waals surface area contributed by atoms with Crippen molar-refractivity contribution in [2.75, 3.05) is 43.2 Å². The van der Waals surface area contributed by atoms with E-state index in [1.165, 1.54) is 6.21 Å². The third-order valence-corrected chi connectivity index (χ3v) is 4.14. The fourth-order valence-corrected chi connectivity index (χ4v) is 2.67. The van der Waals surface area contributed by atoms with E-state index in [2.05, 4.69) is 25.4 Å². The zero-order valence-corrected chi connectivity index (χ0v) is 17.0. The highest BCUT2D eigenvalue weighted by atomic mass is 16.5. The molecule has 2 aromatic rings. The first-order valence-electron chi connectivity index (χ1n) is 9.56. The summed E-state index contributed by atoms with van der Waals surface area (Å²) in [5.41, 5.74) is 8.66. The first-order chi connectivity index (χ1) is 14.3. The maximum atomic E-state index is 11.3. The number of benzene rings is 1. The second-order valence-corrected chi connectivity index (χ2v) is 7.45. The summed E-state index contributed by atoms with van der Waals surface area (Å²) >= 11 is 0. The van der Waals surface area contributed by atoms with Crippen LogP contribution in [0.2, 0.25) is 0 Å². The molecule has 3 rings (SSSR count). The quantitative estimate of drug-likeness (QED) is 0.430. The Morgan fingerprint density at radius 3 is 2.83 bits per heavy atom. The van der Waals surface area contributed by atoms with Crippen LogP contribution in [-0.4, -0.2) is 65.7 Å². The average molecular weight is 414 g/mol. The van der Waals surface area contributed by atoms with Gasteiger partial charge in [-0.15, -0.1) is 0 Å². The summed E-state index contributed by atoms with van der Waals surface area (Å²) in [7, 11) is 0. The molecule has 160 valence electrons. The van der Waals surface area contributed by atoms with Crippen molar-refractivity contribution in [1.82, 2.24) is 9.97 Å². The molecule has 0 aliphatic carbocycles. The molecule has 1 aromatic carbocycles. The maximum Gasteiger partial charge on any atom is 0.319 e. The summed E-state index contributed by atoms with van der Waals surface area (Å²) in [5.74, 6) is 0.179. The van der Waals surface area contributed by atoms with Gasteiger partial charge in [0.2, 0.25) is 5.91 Å². The Balaban J connectivity index is 1.78. The minimum Gasteiger partial charge on any atom is -0.460 e. The third kappa shape index (κ3) is 6.39. The number of nitrogens with two attached hydrogens (primary N) is 1. The lowest BCUT2D eigenvalue weighted by Crippen LogP contribution is -2.37. The van der Waals surface area contributed by atoms with Crippen molar-refractivity contribution in [1.29, 1.82) is 0 Å². The molecule has 0 saturated carbocycles. The van der Waals surface area contributed by atoms with E-state index in [1.807, 2.05) is 0 Å². The average Bonchev–Trinajstić information content (AvgIpc) is 2.72. The summed E-state index contributed by atoms with van der Waals surface area (Å²) in [6.45, 7) is 5.98. The van der Waals surface area contributed by atoms with Crippen LogP contribution in [-0.2, 0) is 4.74 Å². The number of morpholine rings is 1. The summed E-state index contributed by atoms with van der Waals surface area (Å²) in [6, 6.07) is 8.66. The number of ether oxygens (including phenoxy) is 2. The van der Waals surface area contributed by atoms with Crippen molar-refractivity contribution in [2.24, 2.45) is 10.8 Å². The fraction of sp³-hybridized carbons (Fsp3) is 0.400. The molecule has 0 spiro atoms. The molecule has 10 nitrogen and oxygen atoms in total. The second-order valence-electron chi connectivity index (χ2n) is 7.45. The Morgan fingerprint density at radius 2 is 2.13 bits per heavy atom. The standard InChI is InChI=1S/C20H26N6O4/c1-20(2,28)13-30-19-23-16(11-17(24-19)26-6-8-29-9-7-26)12-22-25-15-5-3-4-14(10-15)18(21)27/h3-5,10-12,25,28H,6-9,13H2,1-2H3,(H2,21,27). The number of aliphatic hydroxyl groups is 1. The monoisotopic (exact) mass is 414 g/mol. The molecule has 0 atom stereocenters. The SMILES string of the molecule is CC(C)(O)COc1nc(C=NNc2cccc(C(N)=O)c2)cc(N2CCOCC2)n1. The van der Waals surface area contributed by atoms with Gasteiger partial charge in [-0.1, -0.05) is 6.07 Å². The summed E-state index contributed by atoms with van der Waals surface area (Å²) in [5, 5.41) is 14.1. The van der Waals surface area contributed by atoms with Crippen LogP contribution in [0.25, 0.3) is 0 Å². The molecule has 1 saturated heterocycles. The maximum absolute atomic E-state index is 11.3. The van der Waals surface area contributed by atoms with E-state index in [9.17, 15) is 9.90 Å². The van der Waals surface area contributed by atoms with Gasteiger partial charge >= 0.3 is 6.01 Å². The topological polar surface area (TPSA) is 135 Å². The van der Waals surface area contributed by atoms with Gasteiger partial charge in [-0.25, -0.2) is 0 Å². The molecule has 1 amide bonds. The Labute approximate surface area is 174 Å². The molecule has 0 unspecified atom stereocenters. The first-order valence-corrected chi connectivity index (χ1v) is 9.56. The molecule has 0 bridgehead atoms. The molecule has 10 heteroatoms. The summed E-state index contributed by atoms with van der Waals surface area (Å²) < 4.78 is 11.0. The van der Waals surface area contributed by atoms with Crippen LogP contribution in [0.1, 0.15) is 29.9 Å². The zero-order valence-electron chi connectivity index (χ0n) is 17.0. The third-order valence-electron chi connectivity index (χ3n) is 4.14. The van der Waals surface area contributed by atoms with Gasteiger partial charge in [0.25, 0.3) is 0 Å². The molecular formula is C20H26N6O4. The van der Waals surface area contributed by atoms with Crippen LogP contribution < -0.4 is 20.8 Å². The lowest BCUT2D eigenvalue weighted by atomic mass is 10.2. The second kappa shape index (κ2) is 9.51. The van der Waals surface area contributed by atoms with Crippen LogP contribution in [0.15, 0.2) is 35.4 Å². The number of rotatable bonds is 8. The number of hydrazone groups is 1. The molecule has 1 fully saturated rings. The number of hydrogen-bond acceptors (Lipinski definition) is 9. The van der Waals surface area contributed by atoms with Gasteiger partial charge in [0.15, 0.2) is 0 Å². The van der Waals surface area contributed by atoms with Crippen LogP contribution >= 0.6 is 0 Å². The fourth-order valence-electron chi connectivity index (χ4n) is 2.67. The Bertz CT molecular complexity index is 906. The van der Waals surface area contributed by atoms with Crippen LogP contribution in [0, 0.1) is 0 Å². The smallest absolute Gasteiger partial charge is 0.319 e. The van der Waals surface area contributed by atoms with Gasteiger partial charge in [0.1, 0.15) is 12.4 Å². The largest absolute Gasteiger partial charge is 0.460 e. The number of primary amides is 1. The number of anilines is 2. The lowest BCUT2D eigenvalue weighted by molar-refractivity contribution is 0.0250. The first kappa shape index (κ1) is 21.5. The normalized spacial score (nSPS) is 14.7. The Morgan fingerprint density at radius 1 is 1.37 bits per heavy atom. The summed E-state index contributed by atoms with van der Waals surface area (Å²) in [4.78, 5) is 22.2. The van der Waals surface area contributed by atoms with Crippen molar-refractivity contribution in [3.8, 4) is 6.01 Å². The number of nitrogens with one attached hydrogen (secondary N) is 1. The highest BCUT2D eigenvalue weighted by Crippen LogP contribution is 2.18. The van der Waals surface area contributed by atoms with Crippen LogP contribution in [0.5, 0.6) is 6.01 Å². The van der Waals surface area contributed by atoms with Crippen molar-refractivity contribution in [3.05, 3.63) is 41.6 Å². The van der Waals surface area contributed by atoms with Crippen LogP contribution in [0.4, 0.5) is 11.5 Å². The van der Waals surface area contributed by atoms with Crippen molar-refractivity contribution in [3.63, 3.8) is 0 Å². The number of nitrogens with zero attached hydrogens (tertiary/aromatic N) is 4. The van der Waals surface area contributed by atoms with E-state index < -0.39 is 11.5 Å². The molecule has 1 aliphatic heterocycles. The number of aromatic nitrogens is 2. The Hall–Kier alpha value is -3.24. The predicted octanol–water partition coefficient (Wildman–Crippen LogP) is 1.01. The van der Waals surface area contributed by atoms with E-state index in [1.54, 1.807) is 44.2 Å². The van der Waals surface area contributed by atoms with Gasteiger partial charge in [-0.3, -0.25) is 10.2 Å². The van der Waals surface area contributed by atoms with E-state index >= 15 is 0 Å². The molecule has 2 heterocycles. The summed E-state index contributed by atoms with van der Waals surface area (Å²) in [6.07, 6.45) is 1.53. The number of carbonyl (C=O) groups is 1. The molecule has 1 aromatic heterocycles. The highest BCUT2D eigenvalue weighted by molar-refractivity contribution is 5.93. The number of hydrogen-bond donors (Lipinski definition) is 3. The lowest BCUT2D eigenvalue weighted by Gasteiger charge is -2.28. The molecule has 30 heavy (non-hydrogen) atoms. The van der Waals surface area contributed by atoms with Gasteiger partial charge < -0.3 is 25.2 Å². The highest BCUT2D eigenvalue weighted by Gasteiger charge is 2.18. The van der Waals surface area contributed by atoms with Gasteiger partial charge in [0, 0.05) is 24.7 Å². The Kier molecular flexibility index (Phi) is 6.80. The molecule has 0 radical (unpaired) electrons. The van der Waals surface area contributed by atoms with Gasteiger partial charge in [-0.2, -0.15) is 15.1 Å².